The van der Waals surface area contributed by atoms with Crippen molar-refractivity contribution in [2.45, 2.75) is 52.3 Å². The second kappa shape index (κ2) is 8.01. The third kappa shape index (κ3) is 4.14. The molecule has 0 unspecified atom stereocenters. The topological polar surface area (TPSA) is 81.5 Å². The highest BCUT2D eigenvalue weighted by Crippen LogP contribution is 2.27. The van der Waals surface area contributed by atoms with Crippen LogP contribution in [0.4, 0.5) is 11.8 Å². The van der Waals surface area contributed by atoms with E-state index in [2.05, 4.69) is 39.2 Å². The van der Waals surface area contributed by atoms with Gasteiger partial charge in [0.05, 0.1) is 12.7 Å². The number of nitrogens with one attached hydrogen (secondary N) is 1. The number of hydrogen-bond donors (Lipinski definition) is 3. The molecule has 0 amide bonds. The molecule has 1 aromatic heterocycles. The van der Waals surface area contributed by atoms with E-state index in [4.69, 9.17) is 0 Å². The first-order valence-corrected chi connectivity index (χ1v) is 9.30. The Bertz CT molecular complexity index is 763. The van der Waals surface area contributed by atoms with Gasteiger partial charge in [-0.2, -0.15) is 4.98 Å². The molecule has 26 heavy (non-hydrogen) atoms. The molecule has 0 saturated heterocycles. The SMILES string of the molecule is CCc1cc(N2CCc3cc([C@H](C)O)ccc3C2)nc(N[C@@H](C)CO)n1. The van der Waals surface area contributed by atoms with Crippen molar-refractivity contribution in [2.24, 2.45) is 0 Å². The summed E-state index contributed by atoms with van der Waals surface area (Å²) >= 11 is 0. The van der Waals surface area contributed by atoms with E-state index in [1.807, 2.05) is 19.1 Å². The van der Waals surface area contributed by atoms with E-state index in [1.54, 1.807) is 6.92 Å². The summed E-state index contributed by atoms with van der Waals surface area (Å²) in [6.07, 6.45) is 1.33. The summed E-state index contributed by atoms with van der Waals surface area (Å²) in [6.45, 7) is 7.49. The molecule has 3 N–H and O–H groups in total. The lowest BCUT2D eigenvalue weighted by molar-refractivity contribution is 0.199. The summed E-state index contributed by atoms with van der Waals surface area (Å²) < 4.78 is 0. The van der Waals surface area contributed by atoms with Crippen molar-refractivity contribution in [1.82, 2.24) is 9.97 Å². The molecule has 0 saturated carbocycles. The molecular weight excluding hydrogens is 328 g/mol. The lowest BCUT2D eigenvalue weighted by Gasteiger charge is -2.31. The van der Waals surface area contributed by atoms with Crippen molar-refractivity contribution in [3.63, 3.8) is 0 Å². The highest BCUT2D eigenvalue weighted by Gasteiger charge is 2.20. The number of anilines is 2. The van der Waals surface area contributed by atoms with Crippen LogP contribution < -0.4 is 10.2 Å². The molecule has 6 heteroatoms. The van der Waals surface area contributed by atoms with Gasteiger partial charge in [0.2, 0.25) is 5.95 Å². The Labute approximate surface area is 154 Å². The smallest absolute Gasteiger partial charge is 0.225 e. The standard InChI is InChI=1S/C20H28N4O2/c1-4-18-10-19(23-20(22-18)21-13(2)12-25)24-8-7-16-9-15(14(3)26)5-6-17(16)11-24/h5-6,9-10,13-14,25-26H,4,7-8,11-12H2,1-3H3,(H,21,22,23)/t13-,14-/m0/s1. The van der Waals surface area contributed by atoms with Gasteiger partial charge in [0.25, 0.3) is 0 Å². The first-order valence-electron chi connectivity index (χ1n) is 9.30. The van der Waals surface area contributed by atoms with Gasteiger partial charge in [-0.05, 0) is 43.4 Å². The van der Waals surface area contributed by atoms with Crippen LogP contribution in [0.15, 0.2) is 24.3 Å². The van der Waals surface area contributed by atoms with Gasteiger partial charge in [-0.15, -0.1) is 0 Å². The minimum absolute atomic E-state index is 0.0394. The van der Waals surface area contributed by atoms with Crippen LogP contribution in [0.3, 0.4) is 0 Å². The zero-order valence-corrected chi connectivity index (χ0v) is 15.7. The average molecular weight is 356 g/mol. The lowest BCUT2D eigenvalue weighted by atomic mass is 9.96. The fraction of sp³-hybridized carbons (Fsp3) is 0.500. The Kier molecular flexibility index (Phi) is 5.74. The summed E-state index contributed by atoms with van der Waals surface area (Å²) in [5.74, 6) is 1.48. The molecule has 140 valence electrons. The zero-order chi connectivity index (χ0) is 18.7. The van der Waals surface area contributed by atoms with Crippen molar-refractivity contribution in [3.05, 3.63) is 46.6 Å². The maximum atomic E-state index is 9.78. The van der Waals surface area contributed by atoms with Crippen molar-refractivity contribution in [2.75, 3.05) is 23.4 Å². The third-order valence-corrected chi connectivity index (χ3v) is 4.83. The van der Waals surface area contributed by atoms with Crippen molar-refractivity contribution >= 4 is 11.8 Å². The van der Waals surface area contributed by atoms with E-state index in [0.717, 1.165) is 43.0 Å². The highest BCUT2D eigenvalue weighted by atomic mass is 16.3. The normalized spacial score (nSPS) is 16.1. The average Bonchev–Trinajstić information content (AvgIpc) is 2.66. The van der Waals surface area contributed by atoms with Crippen LogP contribution in [0.25, 0.3) is 0 Å². The zero-order valence-electron chi connectivity index (χ0n) is 15.7. The van der Waals surface area contributed by atoms with Gasteiger partial charge in [0.15, 0.2) is 0 Å². The van der Waals surface area contributed by atoms with Gasteiger partial charge in [-0.3, -0.25) is 0 Å². The number of nitrogens with zero attached hydrogens (tertiary/aromatic N) is 3. The van der Waals surface area contributed by atoms with Gasteiger partial charge in [0.1, 0.15) is 5.82 Å². The van der Waals surface area contributed by atoms with E-state index < -0.39 is 6.10 Å². The molecular formula is C20H28N4O2. The van der Waals surface area contributed by atoms with E-state index in [0.29, 0.717) is 5.95 Å². The summed E-state index contributed by atoms with van der Waals surface area (Å²) in [5, 5.41) is 22.2. The Hall–Kier alpha value is -2.18. The van der Waals surface area contributed by atoms with Crippen LogP contribution in [0, 0.1) is 0 Å². The number of aliphatic hydroxyl groups is 2. The second-order valence-electron chi connectivity index (χ2n) is 7.00. The fourth-order valence-electron chi connectivity index (χ4n) is 3.19. The Morgan fingerprint density at radius 1 is 1.19 bits per heavy atom. The number of hydrogen-bond acceptors (Lipinski definition) is 6. The predicted molar refractivity (Wildman–Crippen MR) is 103 cm³/mol. The molecule has 1 aliphatic heterocycles. The molecule has 1 aliphatic rings. The fourth-order valence-corrected chi connectivity index (χ4v) is 3.19. The molecule has 0 radical (unpaired) electrons. The maximum absolute atomic E-state index is 9.78. The van der Waals surface area contributed by atoms with Crippen molar-refractivity contribution in [1.29, 1.82) is 0 Å². The van der Waals surface area contributed by atoms with E-state index in [-0.39, 0.29) is 12.6 Å². The molecule has 0 spiro atoms. The molecule has 2 aromatic rings. The van der Waals surface area contributed by atoms with Gasteiger partial charge in [-0.25, -0.2) is 4.98 Å². The lowest BCUT2D eigenvalue weighted by Crippen LogP contribution is -2.32. The van der Waals surface area contributed by atoms with Crippen LogP contribution in [0.1, 0.15) is 49.3 Å². The molecule has 6 nitrogen and oxygen atoms in total. The second-order valence-corrected chi connectivity index (χ2v) is 7.00. The highest BCUT2D eigenvalue weighted by molar-refractivity contribution is 5.49. The summed E-state index contributed by atoms with van der Waals surface area (Å²) in [7, 11) is 0. The Morgan fingerprint density at radius 2 is 2.00 bits per heavy atom. The van der Waals surface area contributed by atoms with Crippen LogP contribution in [0.2, 0.25) is 0 Å². The number of rotatable bonds is 6. The summed E-state index contributed by atoms with van der Waals surface area (Å²) in [6, 6.07) is 8.18. The van der Waals surface area contributed by atoms with Gasteiger partial charge in [-0.1, -0.05) is 25.1 Å². The van der Waals surface area contributed by atoms with Crippen LogP contribution in [0.5, 0.6) is 0 Å². The molecule has 0 aliphatic carbocycles. The predicted octanol–water partition coefficient (Wildman–Crippen LogP) is 2.45. The van der Waals surface area contributed by atoms with E-state index in [9.17, 15) is 10.2 Å². The largest absolute Gasteiger partial charge is 0.394 e. The third-order valence-electron chi connectivity index (χ3n) is 4.83. The molecule has 2 heterocycles. The quantitative estimate of drug-likeness (QED) is 0.738. The summed E-state index contributed by atoms with van der Waals surface area (Å²) in [5.41, 5.74) is 4.53. The minimum atomic E-state index is -0.436. The van der Waals surface area contributed by atoms with Gasteiger partial charge in [0, 0.05) is 30.9 Å². The molecule has 0 fully saturated rings. The van der Waals surface area contributed by atoms with Gasteiger partial charge < -0.3 is 20.4 Å². The number of aromatic nitrogens is 2. The molecule has 3 rings (SSSR count). The molecule has 1 aromatic carbocycles. The number of aryl methyl sites for hydroxylation is 1. The Balaban J connectivity index is 1.84. The number of fused-ring (bicyclic) bond motifs is 1. The number of benzene rings is 1. The molecule has 0 bridgehead atoms. The van der Waals surface area contributed by atoms with Crippen molar-refractivity contribution in [3.8, 4) is 0 Å². The molecule has 2 atom stereocenters. The first kappa shape index (κ1) is 18.6. The van der Waals surface area contributed by atoms with Gasteiger partial charge >= 0.3 is 0 Å². The Morgan fingerprint density at radius 3 is 2.69 bits per heavy atom. The monoisotopic (exact) mass is 356 g/mol. The minimum Gasteiger partial charge on any atom is -0.394 e. The maximum Gasteiger partial charge on any atom is 0.225 e. The first-order chi connectivity index (χ1) is 12.5. The van der Waals surface area contributed by atoms with Crippen LogP contribution in [-0.4, -0.2) is 39.4 Å². The van der Waals surface area contributed by atoms with Crippen molar-refractivity contribution < 1.29 is 10.2 Å². The summed E-state index contributed by atoms with van der Waals surface area (Å²) in [4.78, 5) is 11.5. The van der Waals surface area contributed by atoms with Crippen LogP contribution in [-0.2, 0) is 19.4 Å². The van der Waals surface area contributed by atoms with E-state index >= 15 is 0 Å². The number of aliphatic hydroxyl groups excluding tert-OH is 2. The van der Waals surface area contributed by atoms with E-state index in [1.165, 1.54) is 11.1 Å². The van der Waals surface area contributed by atoms with Crippen LogP contribution >= 0.6 is 0 Å².